The Hall–Kier alpha value is -8.61. The topological polar surface area (TPSA) is 21.3 Å². The van der Waals surface area contributed by atoms with Crippen molar-refractivity contribution >= 4 is 104 Å². The van der Waals surface area contributed by atoms with Gasteiger partial charge in [-0.1, -0.05) is 157 Å². The fourth-order valence-electron chi connectivity index (χ4n) is 12.5. The molecule has 3 aromatic heterocycles. The van der Waals surface area contributed by atoms with Crippen molar-refractivity contribution in [1.82, 2.24) is 4.57 Å². The summed E-state index contributed by atoms with van der Waals surface area (Å²) in [6, 6.07) is 89.8. The summed E-state index contributed by atoms with van der Waals surface area (Å²) in [4.78, 5) is 5.01. The molecule has 0 N–H and O–H groups in total. The molecule has 2 aliphatic rings. The maximum atomic E-state index is 6.64. The largest absolute Gasteiger partial charge is 0.456 e. The molecular weight excluding hydrogens is 913 g/mol. The van der Waals surface area contributed by atoms with Crippen molar-refractivity contribution in [2.75, 3.05) is 4.90 Å². The van der Waals surface area contributed by atoms with Crippen LogP contribution in [0, 0.1) is 0 Å². The Bertz CT molecular complexity index is 4530. The molecule has 16 rings (SSSR count). The van der Waals surface area contributed by atoms with Gasteiger partial charge in [-0.15, -0.1) is 11.3 Å². The van der Waals surface area contributed by atoms with Gasteiger partial charge in [0.25, 0.3) is 0 Å². The molecule has 0 fully saturated rings. The number of anilines is 3. The first-order valence-corrected chi connectivity index (χ1v) is 26.2. The van der Waals surface area contributed by atoms with Gasteiger partial charge in [0.15, 0.2) is 0 Å². The quantitative estimate of drug-likeness (QED) is 0.172. The predicted octanol–water partition coefficient (Wildman–Crippen LogP) is 19.0. The molecule has 336 valence electrons. The van der Waals surface area contributed by atoms with Crippen LogP contribution in [0.25, 0.3) is 91.9 Å². The number of rotatable bonds is 5. The van der Waals surface area contributed by atoms with Gasteiger partial charge in [-0.05, 0) is 136 Å². The average Bonchev–Trinajstić information content (AvgIpc) is 4.19. The number of hydrogen-bond acceptors (Lipinski definition) is 4. The molecule has 1 aliphatic heterocycles. The van der Waals surface area contributed by atoms with Gasteiger partial charge in [0.05, 0.1) is 22.1 Å². The van der Waals surface area contributed by atoms with Gasteiger partial charge >= 0.3 is 0 Å². The van der Waals surface area contributed by atoms with E-state index in [4.69, 9.17) is 4.42 Å². The normalized spacial score (nSPS) is 13.3. The SMILES string of the molecule is c1ccc(-n2c3ccccc3c3cc(-c4ccc5sc6cccc(N(c7ccc8c(c7)Sc7ccccc7C87c8ccccc8-c8ccccc87)c7ccc8c(c7)oc7ccccc78)c6c5c4)ccc32)cc1. The third kappa shape index (κ3) is 5.58. The second-order valence-corrected chi connectivity index (χ2v) is 21.3. The van der Waals surface area contributed by atoms with Crippen molar-refractivity contribution in [1.29, 1.82) is 0 Å². The van der Waals surface area contributed by atoms with Gasteiger partial charge in [-0.3, -0.25) is 0 Å². The molecule has 0 amide bonds. The van der Waals surface area contributed by atoms with Crippen LogP contribution in [0.15, 0.2) is 257 Å². The van der Waals surface area contributed by atoms with Gasteiger partial charge in [0.1, 0.15) is 11.2 Å². The lowest BCUT2D eigenvalue weighted by Crippen LogP contribution is -2.32. The first kappa shape index (κ1) is 40.2. The van der Waals surface area contributed by atoms with Crippen LogP contribution in [0.4, 0.5) is 17.1 Å². The van der Waals surface area contributed by atoms with Crippen molar-refractivity contribution in [3.8, 4) is 27.9 Å². The lowest BCUT2D eigenvalue weighted by atomic mass is 9.67. The fourth-order valence-corrected chi connectivity index (χ4v) is 14.8. The van der Waals surface area contributed by atoms with Gasteiger partial charge in [-0.25, -0.2) is 0 Å². The summed E-state index contributed by atoms with van der Waals surface area (Å²) < 4.78 is 11.5. The summed E-state index contributed by atoms with van der Waals surface area (Å²) in [5.41, 5.74) is 18.5. The Labute approximate surface area is 423 Å². The van der Waals surface area contributed by atoms with E-state index < -0.39 is 5.41 Å². The molecule has 1 aliphatic carbocycles. The zero-order valence-electron chi connectivity index (χ0n) is 38.7. The zero-order valence-corrected chi connectivity index (χ0v) is 40.3. The first-order valence-electron chi connectivity index (χ1n) is 24.6. The van der Waals surface area contributed by atoms with E-state index in [1.807, 2.05) is 29.2 Å². The van der Waals surface area contributed by atoms with E-state index in [0.717, 1.165) is 44.7 Å². The van der Waals surface area contributed by atoms with Gasteiger partial charge in [0, 0.05) is 74.6 Å². The van der Waals surface area contributed by atoms with Crippen molar-refractivity contribution in [2.45, 2.75) is 15.2 Å². The molecule has 0 radical (unpaired) electrons. The molecule has 14 aromatic rings. The highest BCUT2D eigenvalue weighted by Gasteiger charge is 2.50. The number of para-hydroxylation sites is 3. The van der Waals surface area contributed by atoms with Crippen LogP contribution in [0.1, 0.15) is 22.3 Å². The standard InChI is InChI=1S/C67H40N2OS2/c1-2-15-43(16-3-1)69-57-24-11-6-19-48(57)51-37-41(29-35-58(51)69)42-30-36-62-52(38-42)66-59(25-14-28-64(66)71-62)68(44-31-33-50-49-20-7-12-26-60(49)70-61(50)39-44)45-32-34-56-65(40-45)72-63-27-13-10-23-55(63)67(56)53-21-8-4-17-46(53)47-18-5-9-22-54(47)67/h1-40H. The van der Waals surface area contributed by atoms with E-state index in [1.54, 1.807) is 0 Å². The Morgan fingerprint density at radius 2 is 1.03 bits per heavy atom. The second-order valence-electron chi connectivity index (χ2n) is 19.1. The number of benzene rings is 11. The van der Waals surface area contributed by atoms with E-state index in [-0.39, 0.29) is 0 Å². The second kappa shape index (κ2) is 15.2. The number of fused-ring (bicyclic) bond motifs is 18. The average molecular weight is 953 g/mol. The number of thiophene rings is 1. The molecular formula is C67H40N2OS2. The molecule has 0 unspecified atom stereocenters. The minimum Gasteiger partial charge on any atom is -0.456 e. The van der Waals surface area contributed by atoms with Crippen LogP contribution in [0.2, 0.25) is 0 Å². The van der Waals surface area contributed by atoms with Crippen LogP contribution >= 0.6 is 23.1 Å². The lowest BCUT2D eigenvalue weighted by molar-refractivity contribution is 0.669. The molecule has 1 spiro atoms. The van der Waals surface area contributed by atoms with Crippen LogP contribution < -0.4 is 4.90 Å². The molecule has 11 aromatic carbocycles. The molecule has 5 heteroatoms. The fraction of sp³-hybridized carbons (Fsp3) is 0.0149. The van der Waals surface area contributed by atoms with E-state index in [2.05, 4.69) is 246 Å². The molecule has 4 heterocycles. The van der Waals surface area contributed by atoms with Crippen LogP contribution in [0.5, 0.6) is 0 Å². The van der Waals surface area contributed by atoms with Gasteiger partial charge < -0.3 is 13.9 Å². The van der Waals surface area contributed by atoms with Crippen molar-refractivity contribution < 1.29 is 4.42 Å². The summed E-state index contributed by atoms with van der Waals surface area (Å²) in [6.07, 6.45) is 0. The lowest BCUT2D eigenvalue weighted by Gasteiger charge is -2.40. The maximum absolute atomic E-state index is 6.64. The predicted molar refractivity (Wildman–Crippen MR) is 302 cm³/mol. The minimum atomic E-state index is -0.458. The highest BCUT2D eigenvalue weighted by Crippen LogP contribution is 2.63. The molecule has 3 nitrogen and oxygen atoms in total. The number of nitrogens with zero attached hydrogens (tertiary/aromatic N) is 2. The Balaban J connectivity index is 0.915. The van der Waals surface area contributed by atoms with E-state index >= 15 is 0 Å². The summed E-state index contributed by atoms with van der Waals surface area (Å²) in [6.45, 7) is 0. The van der Waals surface area contributed by atoms with Crippen molar-refractivity contribution in [3.05, 3.63) is 265 Å². The summed E-state index contributed by atoms with van der Waals surface area (Å²) >= 11 is 3.74. The first-order chi connectivity index (χ1) is 35.7. The highest BCUT2D eigenvalue weighted by atomic mass is 32.2. The van der Waals surface area contributed by atoms with Crippen LogP contribution in [-0.2, 0) is 5.41 Å². The van der Waals surface area contributed by atoms with E-state index in [1.165, 1.54) is 96.3 Å². The number of hydrogen-bond donors (Lipinski definition) is 0. The summed E-state index contributed by atoms with van der Waals surface area (Å²) in [7, 11) is 0. The van der Waals surface area contributed by atoms with Crippen LogP contribution in [0.3, 0.4) is 0 Å². The Morgan fingerprint density at radius 1 is 0.389 bits per heavy atom. The number of furan rings is 1. The van der Waals surface area contributed by atoms with Gasteiger partial charge in [-0.2, -0.15) is 0 Å². The smallest absolute Gasteiger partial charge is 0.137 e. The Morgan fingerprint density at radius 3 is 1.88 bits per heavy atom. The number of aromatic nitrogens is 1. The maximum Gasteiger partial charge on any atom is 0.137 e. The molecule has 0 atom stereocenters. The minimum absolute atomic E-state index is 0.458. The Kier molecular flexibility index (Phi) is 8.47. The van der Waals surface area contributed by atoms with Crippen molar-refractivity contribution in [3.63, 3.8) is 0 Å². The monoisotopic (exact) mass is 952 g/mol. The molecule has 0 saturated carbocycles. The molecule has 72 heavy (non-hydrogen) atoms. The summed E-state index contributed by atoms with van der Waals surface area (Å²) in [5.74, 6) is 0. The van der Waals surface area contributed by atoms with Crippen molar-refractivity contribution in [2.24, 2.45) is 0 Å². The molecule has 0 saturated heterocycles. The van der Waals surface area contributed by atoms with E-state index in [9.17, 15) is 0 Å². The van der Waals surface area contributed by atoms with E-state index in [0.29, 0.717) is 0 Å². The van der Waals surface area contributed by atoms with Crippen LogP contribution in [-0.4, -0.2) is 4.57 Å². The zero-order chi connectivity index (χ0) is 47.1. The summed E-state index contributed by atoms with van der Waals surface area (Å²) in [5, 5.41) is 7.20. The highest BCUT2D eigenvalue weighted by molar-refractivity contribution is 7.99. The third-order valence-corrected chi connectivity index (χ3v) is 17.7. The molecule has 0 bridgehead atoms. The van der Waals surface area contributed by atoms with Gasteiger partial charge in [0.2, 0.25) is 0 Å². The third-order valence-electron chi connectivity index (χ3n) is 15.4.